The number of nitrogens with zero attached hydrogens (tertiary/aromatic N) is 4. The summed E-state index contributed by atoms with van der Waals surface area (Å²) in [5.74, 6) is 0.431. The highest BCUT2D eigenvalue weighted by molar-refractivity contribution is 7.13. The molecule has 3 heterocycles. The smallest absolute Gasteiger partial charge is 0.346 e. The lowest BCUT2D eigenvalue weighted by Gasteiger charge is -2.04. The van der Waals surface area contributed by atoms with Crippen LogP contribution in [0.1, 0.15) is 10.4 Å². The van der Waals surface area contributed by atoms with Crippen LogP contribution >= 0.6 is 11.3 Å². The monoisotopic (exact) mass is 329 g/mol. The third kappa shape index (κ3) is 3.21. The van der Waals surface area contributed by atoms with Gasteiger partial charge in [0.2, 0.25) is 0 Å². The number of carbonyl (C=O) groups is 1. The van der Waals surface area contributed by atoms with Crippen molar-refractivity contribution in [1.82, 2.24) is 24.6 Å². The summed E-state index contributed by atoms with van der Waals surface area (Å²) in [6.07, 6.45) is 3.12. The SMILES string of the molecule is Cn1c(-c2cccs2)nn(CCNC(=O)c2ccncc2)c1=O. The van der Waals surface area contributed by atoms with Crippen molar-refractivity contribution >= 4 is 17.2 Å². The van der Waals surface area contributed by atoms with Gasteiger partial charge in [0.25, 0.3) is 5.91 Å². The van der Waals surface area contributed by atoms with Gasteiger partial charge in [0.05, 0.1) is 11.4 Å². The molecule has 0 spiro atoms. The van der Waals surface area contributed by atoms with E-state index >= 15 is 0 Å². The van der Waals surface area contributed by atoms with Crippen LogP contribution in [0.15, 0.2) is 46.8 Å². The van der Waals surface area contributed by atoms with E-state index in [1.54, 1.807) is 31.6 Å². The Balaban J connectivity index is 1.66. The van der Waals surface area contributed by atoms with Crippen LogP contribution in [0, 0.1) is 0 Å². The minimum absolute atomic E-state index is 0.199. The van der Waals surface area contributed by atoms with E-state index < -0.39 is 0 Å². The number of rotatable bonds is 5. The molecule has 0 aliphatic heterocycles. The lowest BCUT2D eigenvalue weighted by Crippen LogP contribution is -2.31. The minimum Gasteiger partial charge on any atom is -0.350 e. The molecule has 0 bridgehead atoms. The molecule has 7 nitrogen and oxygen atoms in total. The van der Waals surface area contributed by atoms with Gasteiger partial charge in [0.1, 0.15) is 0 Å². The summed E-state index contributed by atoms with van der Waals surface area (Å²) in [6, 6.07) is 7.11. The van der Waals surface area contributed by atoms with Crippen molar-refractivity contribution in [3.8, 4) is 10.7 Å². The van der Waals surface area contributed by atoms with E-state index in [2.05, 4.69) is 15.4 Å². The van der Waals surface area contributed by atoms with Gasteiger partial charge >= 0.3 is 5.69 Å². The molecule has 3 aromatic heterocycles. The lowest BCUT2D eigenvalue weighted by molar-refractivity contribution is 0.0951. The van der Waals surface area contributed by atoms with Gasteiger partial charge in [-0.2, -0.15) is 0 Å². The fraction of sp³-hybridized carbons (Fsp3) is 0.200. The molecule has 0 unspecified atom stereocenters. The molecular formula is C15H15N5O2S. The molecule has 0 aliphatic rings. The van der Waals surface area contributed by atoms with Crippen molar-refractivity contribution in [3.05, 3.63) is 58.1 Å². The highest BCUT2D eigenvalue weighted by Crippen LogP contribution is 2.20. The highest BCUT2D eigenvalue weighted by atomic mass is 32.1. The Bertz CT molecular complexity index is 852. The van der Waals surface area contributed by atoms with Gasteiger partial charge in [-0.1, -0.05) is 6.07 Å². The second-order valence-corrected chi connectivity index (χ2v) is 5.81. The fourth-order valence-corrected chi connectivity index (χ4v) is 2.88. The minimum atomic E-state index is -0.202. The van der Waals surface area contributed by atoms with Crippen LogP contribution in [0.3, 0.4) is 0 Å². The number of aromatic nitrogens is 4. The van der Waals surface area contributed by atoms with E-state index in [1.165, 1.54) is 20.6 Å². The zero-order valence-corrected chi connectivity index (χ0v) is 13.3. The van der Waals surface area contributed by atoms with Crippen molar-refractivity contribution < 1.29 is 4.79 Å². The molecular weight excluding hydrogens is 314 g/mol. The Labute approximate surface area is 136 Å². The van der Waals surface area contributed by atoms with E-state index in [1.807, 2.05) is 17.5 Å². The molecule has 0 saturated carbocycles. The van der Waals surface area contributed by atoms with Gasteiger partial charge in [-0.15, -0.1) is 16.4 Å². The maximum Gasteiger partial charge on any atom is 0.346 e. The molecule has 0 fully saturated rings. The van der Waals surface area contributed by atoms with Crippen LogP contribution < -0.4 is 11.0 Å². The maximum atomic E-state index is 12.2. The predicted molar refractivity (Wildman–Crippen MR) is 87.4 cm³/mol. The van der Waals surface area contributed by atoms with Gasteiger partial charge in [0.15, 0.2) is 5.82 Å². The Morgan fingerprint density at radius 3 is 2.78 bits per heavy atom. The molecule has 1 amide bonds. The van der Waals surface area contributed by atoms with Gasteiger partial charge in [-0.3, -0.25) is 14.3 Å². The average molecular weight is 329 g/mol. The molecule has 3 aromatic rings. The molecule has 0 aliphatic carbocycles. The normalized spacial score (nSPS) is 10.7. The predicted octanol–water partition coefficient (Wildman–Crippen LogP) is 1.14. The Morgan fingerprint density at radius 1 is 1.30 bits per heavy atom. The average Bonchev–Trinajstić information content (AvgIpc) is 3.19. The maximum absolute atomic E-state index is 12.2. The third-order valence-electron chi connectivity index (χ3n) is 3.33. The first-order chi connectivity index (χ1) is 11.2. The Kier molecular flexibility index (Phi) is 4.33. The summed E-state index contributed by atoms with van der Waals surface area (Å²) >= 11 is 1.53. The summed E-state index contributed by atoms with van der Waals surface area (Å²) in [5.41, 5.74) is 0.333. The molecule has 0 atom stereocenters. The van der Waals surface area contributed by atoms with Gasteiger partial charge in [-0.25, -0.2) is 9.48 Å². The third-order valence-corrected chi connectivity index (χ3v) is 4.20. The fourth-order valence-electron chi connectivity index (χ4n) is 2.13. The first-order valence-corrected chi connectivity index (χ1v) is 7.90. The summed E-state index contributed by atoms with van der Waals surface area (Å²) < 4.78 is 2.87. The number of hydrogen-bond donors (Lipinski definition) is 1. The van der Waals surface area contributed by atoms with E-state index in [-0.39, 0.29) is 11.6 Å². The molecule has 3 rings (SSSR count). The van der Waals surface area contributed by atoms with Crippen molar-refractivity contribution in [1.29, 1.82) is 0 Å². The van der Waals surface area contributed by atoms with Crippen LogP contribution in [-0.4, -0.2) is 31.8 Å². The van der Waals surface area contributed by atoms with Crippen LogP contribution in [-0.2, 0) is 13.6 Å². The molecule has 23 heavy (non-hydrogen) atoms. The van der Waals surface area contributed by atoms with Crippen LogP contribution in [0.4, 0.5) is 0 Å². The topological polar surface area (TPSA) is 81.8 Å². The van der Waals surface area contributed by atoms with Crippen molar-refractivity contribution in [3.63, 3.8) is 0 Å². The number of thiophene rings is 1. The van der Waals surface area contributed by atoms with Crippen molar-refractivity contribution in [2.24, 2.45) is 7.05 Å². The first kappa shape index (κ1) is 15.2. The molecule has 0 saturated heterocycles. The van der Waals surface area contributed by atoms with E-state index in [9.17, 15) is 9.59 Å². The number of nitrogens with one attached hydrogen (secondary N) is 1. The lowest BCUT2D eigenvalue weighted by atomic mass is 10.2. The number of amides is 1. The quantitative estimate of drug-likeness (QED) is 0.761. The zero-order chi connectivity index (χ0) is 16.2. The second-order valence-electron chi connectivity index (χ2n) is 4.86. The molecule has 0 radical (unpaired) electrons. The van der Waals surface area contributed by atoms with Crippen LogP contribution in [0.2, 0.25) is 0 Å². The molecule has 118 valence electrons. The van der Waals surface area contributed by atoms with Gasteiger partial charge in [-0.05, 0) is 23.6 Å². The first-order valence-electron chi connectivity index (χ1n) is 7.03. The largest absolute Gasteiger partial charge is 0.350 e. The van der Waals surface area contributed by atoms with Crippen LogP contribution in [0.5, 0.6) is 0 Å². The zero-order valence-electron chi connectivity index (χ0n) is 12.5. The number of carbonyl (C=O) groups excluding carboxylic acids is 1. The van der Waals surface area contributed by atoms with Crippen molar-refractivity contribution in [2.45, 2.75) is 6.54 Å². The summed E-state index contributed by atoms with van der Waals surface area (Å²) in [6.45, 7) is 0.636. The van der Waals surface area contributed by atoms with E-state index in [0.717, 1.165) is 4.88 Å². The summed E-state index contributed by atoms with van der Waals surface area (Å²) in [7, 11) is 1.69. The summed E-state index contributed by atoms with van der Waals surface area (Å²) in [4.78, 5) is 28.9. The Morgan fingerprint density at radius 2 is 2.09 bits per heavy atom. The Hall–Kier alpha value is -2.74. The van der Waals surface area contributed by atoms with Crippen molar-refractivity contribution in [2.75, 3.05) is 6.54 Å². The number of hydrogen-bond acceptors (Lipinski definition) is 5. The molecule has 1 N–H and O–H groups in total. The molecule has 0 aromatic carbocycles. The van der Waals surface area contributed by atoms with Crippen LogP contribution in [0.25, 0.3) is 10.7 Å². The molecule has 8 heteroatoms. The summed E-state index contributed by atoms with van der Waals surface area (Å²) in [5, 5.41) is 9.04. The number of pyridine rings is 1. The van der Waals surface area contributed by atoms with Gasteiger partial charge in [0, 0.05) is 31.5 Å². The van der Waals surface area contributed by atoms with Gasteiger partial charge < -0.3 is 5.32 Å². The highest BCUT2D eigenvalue weighted by Gasteiger charge is 2.13. The van der Waals surface area contributed by atoms with E-state index in [0.29, 0.717) is 24.5 Å². The standard InChI is InChI=1S/C15H15N5O2S/c1-19-13(12-3-2-10-23-12)18-20(15(19)22)9-8-17-14(21)11-4-6-16-7-5-11/h2-7,10H,8-9H2,1H3,(H,17,21). The second kappa shape index (κ2) is 6.57. The van der Waals surface area contributed by atoms with E-state index in [4.69, 9.17) is 0 Å².